The van der Waals surface area contributed by atoms with Crippen LogP contribution < -0.4 is 5.73 Å². The average Bonchev–Trinajstić information content (AvgIpc) is 2.37. The van der Waals surface area contributed by atoms with E-state index in [0.717, 1.165) is 16.0 Å². The molecule has 2 atom stereocenters. The van der Waals surface area contributed by atoms with Gasteiger partial charge >= 0.3 is 0 Å². The van der Waals surface area contributed by atoms with E-state index in [1.165, 1.54) is 16.7 Å². The maximum Gasteiger partial charge on any atom is 0.0548 e. The minimum Gasteiger partial charge on any atom is -0.323 e. The molecule has 0 saturated heterocycles. The lowest BCUT2D eigenvalue weighted by atomic mass is 9.95. The molecule has 0 aromatic heterocycles. The van der Waals surface area contributed by atoms with Gasteiger partial charge in [0, 0.05) is 16.7 Å². The Labute approximate surface area is 129 Å². The first-order valence-electron chi connectivity index (χ1n) is 7.17. The van der Waals surface area contributed by atoms with E-state index in [9.17, 15) is 4.21 Å². The summed E-state index contributed by atoms with van der Waals surface area (Å²) in [5, 5.41) is 0. The van der Waals surface area contributed by atoms with Gasteiger partial charge in [-0.05, 0) is 62.1 Å². The van der Waals surface area contributed by atoms with E-state index in [0.29, 0.717) is 5.75 Å². The molecule has 0 spiro atoms. The lowest BCUT2D eigenvalue weighted by Gasteiger charge is -2.18. The van der Waals surface area contributed by atoms with E-state index in [1.54, 1.807) is 0 Å². The molecular weight excluding hydrogens is 278 g/mol. The molecule has 0 aliphatic heterocycles. The largest absolute Gasteiger partial charge is 0.323 e. The summed E-state index contributed by atoms with van der Waals surface area (Å²) in [5.74, 6) is 0.453. The molecule has 3 heteroatoms. The molecule has 0 heterocycles. The van der Waals surface area contributed by atoms with Crippen molar-refractivity contribution in [2.24, 2.45) is 5.73 Å². The second-order valence-electron chi connectivity index (χ2n) is 5.75. The van der Waals surface area contributed by atoms with E-state index < -0.39 is 10.8 Å². The zero-order valence-electron chi connectivity index (χ0n) is 13.1. The highest BCUT2D eigenvalue weighted by molar-refractivity contribution is 7.85. The van der Waals surface area contributed by atoms with Crippen molar-refractivity contribution in [3.63, 3.8) is 0 Å². The molecule has 0 fully saturated rings. The fourth-order valence-electron chi connectivity index (χ4n) is 2.88. The number of hydrogen-bond acceptors (Lipinski definition) is 2. The third kappa shape index (κ3) is 3.80. The zero-order valence-corrected chi connectivity index (χ0v) is 14.0. The first kappa shape index (κ1) is 15.9. The summed E-state index contributed by atoms with van der Waals surface area (Å²) in [6, 6.07) is 11.9. The van der Waals surface area contributed by atoms with Crippen LogP contribution in [0.25, 0.3) is 0 Å². The van der Waals surface area contributed by atoms with Crippen LogP contribution in [-0.2, 0) is 10.8 Å². The van der Waals surface area contributed by atoms with Gasteiger partial charge in [-0.1, -0.05) is 29.8 Å². The molecule has 2 N–H and O–H groups in total. The summed E-state index contributed by atoms with van der Waals surface area (Å²) in [6.07, 6.45) is 0. The lowest BCUT2D eigenvalue weighted by molar-refractivity contribution is 0.674. The monoisotopic (exact) mass is 301 g/mol. The highest BCUT2D eigenvalue weighted by Crippen LogP contribution is 2.24. The Kier molecular flexibility index (Phi) is 4.96. The van der Waals surface area contributed by atoms with Gasteiger partial charge in [-0.3, -0.25) is 4.21 Å². The highest BCUT2D eigenvalue weighted by Gasteiger charge is 2.16. The summed E-state index contributed by atoms with van der Waals surface area (Å²) in [4.78, 5) is 0.855. The molecule has 2 rings (SSSR count). The molecule has 2 unspecified atom stereocenters. The minimum absolute atomic E-state index is 0.202. The van der Waals surface area contributed by atoms with Gasteiger partial charge in [0.1, 0.15) is 0 Å². The molecule has 0 saturated carbocycles. The van der Waals surface area contributed by atoms with Crippen molar-refractivity contribution in [1.29, 1.82) is 0 Å². The predicted molar refractivity (Wildman–Crippen MR) is 90.0 cm³/mol. The molecule has 0 radical (unpaired) electrons. The fraction of sp³-hybridized carbons (Fsp3) is 0.333. The second-order valence-corrected chi connectivity index (χ2v) is 7.24. The van der Waals surface area contributed by atoms with Gasteiger partial charge < -0.3 is 5.73 Å². The van der Waals surface area contributed by atoms with Gasteiger partial charge in [0.05, 0.1) is 10.8 Å². The number of rotatable bonds is 4. The van der Waals surface area contributed by atoms with Crippen LogP contribution in [0.5, 0.6) is 0 Å². The first-order valence-corrected chi connectivity index (χ1v) is 8.48. The van der Waals surface area contributed by atoms with Gasteiger partial charge in [0.2, 0.25) is 0 Å². The fourth-order valence-corrected chi connectivity index (χ4v) is 4.11. The molecule has 0 aliphatic carbocycles. The van der Waals surface area contributed by atoms with Crippen molar-refractivity contribution in [1.82, 2.24) is 0 Å². The van der Waals surface area contributed by atoms with Crippen molar-refractivity contribution in [3.8, 4) is 0 Å². The molecular formula is C18H23NOS. The maximum atomic E-state index is 12.5. The van der Waals surface area contributed by atoms with Crippen molar-refractivity contribution in [2.45, 2.75) is 38.6 Å². The zero-order chi connectivity index (χ0) is 15.6. The number of benzene rings is 2. The Balaban J connectivity index is 2.22. The van der Waals surface area contributed by atoms with Crippen LogP contribution in [0.3, 0.4) is 0 Å². The number of hydrogen-bond donors (Lipinski definition) is 1. The van der Waals surface area contributed by atoms with E-state index >= 15 is 0 Å². The van der Waals surface area contributed by atoms with Gasteiger partial charge in [-0.2, -0.15) is 0 Å². The van der Waals surface area contributed by atoms with E-state index in [4.69, 9.17) is 5.73 Å². The van der Waals surface area contributed by atoms with E-state index in [1.807, 2.05) is 31.2 Å². The lowest BCUT2D eigenvalue weighted by Crippen LogP contribution is -2.20. The first-order chi connectivity index (χ1) is 9.88. The molecule has 2 aromatic rings. The molecule has 0 aliphatic rings. The third-order valence-corrected chi connectivity index (χ3v) is 5.13. The van der Waals surface area contributed by atoms with Crippen LogP contribution in [0, 0.1) is 27.7 Å². The Bertz CT molecular complexity index is 656. The summed E-state index contributed by atoms with van der Waals surface area (Å²) in [5.41, 5.74) is 12.2. The highest BCUT2D eigenvalue weighted by atomic mass is 32.2. The summed E-state index contributed by atoms with van der Waals surface area (Å²) in [7, 11) is -1.07. The third-order valence-electron chi connectivity index (χ3n) is 3.69. The topological polar surface area (TPSA) is 43.1 Å². The number of nitrogens with two attached hydrogens (primary N) is 1. The van der Waals surface area contributed by atoms with E-state index in [2.05, 4.69) is 32.9 Å². The van der Waals surface area contributed by atoms with Crippen LogP contribution >= 0.6 is 0 Å². The normalized spacial score (nSPS) is 14.0. The van der Waals surface area contributed by atoms with Gasteiger partial charge in [0.25, 0.3) is 0 Å². The molecule has 2 nitrogen and oxygen atoms in total. The quantitative estimate of drug-likeness (QED) is 0.935. The van der Waals surface area contributed by atoms with Crippen LogP contribution in [-0.4, -0.2) is 9.96 Å². The Hall–Kier alpha value is -1.45. The van der Waals surface area contributed by atoms with Crippen LogP contribution in [0.1, 0.15) is 33.9 Å². The van der Waals surface area contributed by atoms with Gasteiger partial charge in [0.15, 0.2) is 0 Å². The molecule has 112 valence electrons. The van der Waals surface area contributed by atoms with Crippen LogP contribution in [0.2, 0.25) is 0 Å². The smallest absolute Gasteiger partial charge is 0.0548 e. The summed E-state index contributed by atoms with van der Waals surface area (Å²) in [6.45, 7) is 8.24. The van der Waals surface area contributed by atoms with Crippen molar-refractivity contribution >= 4 is 10.8 Å². The van der Waals surface area contributed by atoms with E-state index in [-0.39, 0.29) is 6.04 Å². The SMILES string of the molecule is Cc1cccc(S(=O)CC(N)c2c(C)cc(C)cc2C)c1. The average molecular weight is 301 g/mol. The molecule has 0 amide bonds. The summed E-state index contributed by atoms with van der Waals surface area (Å²) < 4.78 is 12.5. The van der Waals surface area contributed by atoms with Crippen LogP contribution in [0.15, 0.2) is 41.3 Å². The Morgan fingerprint density at radius 2 is 1.62 bits per heavy atom. The van der Waals surface area contributed by atoms with Crippen molar-refractivity contribution in [3.05, 3.63) is 64.2 Å². The van der Waals surface area contributed by atoms with Crippen molar-refractivity contribution in [2.75, 3.05) is 5.75 Å². The Morgan fingerprint density at radius 3 is 2.19 bits per heavy atom. The maximum absolute atomic E-state index is 12.5. The van der Waals surface area contributed by atoms with Crippen LogP contribution in [0.4, 0.5) is 0 Å². The standard InChI is InChI=1S/C18H23NOS/c1-12-6-5-7-16(10-12)21(20)11-17(19)18-14(3)8-13(2)9-15(18)4/h5-10,17H,11,19H2,1-4H3. The summed E-state index contributed by atoms with van der Waals surface area (Å²) >= 11 is 0. The number of aryl methyl sites for hydroxylation is 4. The molecule has 21 heavy (non-hydrogen) atoms. The minimum atomic E-state index is -1.07. The van der Waals surface area contributed by atoms with Crippen molar-refractivity contribution < 1.29 is 4.21 Å². The second kappa shape index (κ2) is 6.54. The van der Waals surface area contributed by atoms with Gasteiger partial charge in [-0.15, -0.1) is 0 Å². The molecule has 2 aromatic carbocycles. The predicted octanol–water partition coefficient (Wildman–Crippen LogP) is 3.73. The molecule has 0 bridgehead atoms. The Morgan fingerprint density at radius 1 is 1.00 bits per heavy atom. The van der Waals surface area contributed by atoms with Gasteiger partial charge in [-0.25, -0.2) is 0 Å².